The molecule has 20 heavy (non-hydrogen) atoms. The molecule has 0 saturated heterocycles. The number of rotatable bonds is 4. The van der Waals surface area contributed by atoms with E-state index in [1.54, 1.807) is 42.5 Å². The highest BCUT2D eigenvalue weighted by atomic mass is 16.8. The van der Waals surface area contributed by atoms with Crippen LogP contribution >= 0.6 is 0 Å². The van der Waals surface area contributed by atoms with E-state index in [-0.39, 0.29) is 17.5 Å². The quantitative estimate of drug-likeness (QED) is 0.836. The lowest BCUT2D eigenvalue weighted by Crippen LogP contribution is -2.15. The molecule has 2 aromatic rings. The van der Waals surface area contributed by atoms with Crippen LogP contribution in [0.4, 0.5) is 16.2 Å². The number of nitrogens with one attached hydrogen (secondary N) is 1. The Balaban J connectivity index is 1.94. The number of ether oxygens (including phenoxy) is 1. The molecular weight excluding hydrogens is 260 g/mol. The predicted octanol–water partition coefficient (Wildman–Crippen LogP) is 3.13. The zero-order chi connectivity index (χ0) is 14.4. The highest BCUT2D eigenvalue weighted by Gasteiger charge is 2.07. The third-order valence-electron chi connectivity index (χ3n) is 2.58. The maximum absolute atomic E-state index is 11.6. The molecule has 0 heterocycles. The second-order valence-corrected chi connectivity index (χ2v) is 3.97. The number of carbonyl (C=O) groups is 1. The number of nitrogens with zero attached hydrogens (tertiary/aromatic N) is 1. The minimum atomic E-state index is -0.638. The molecular formula is C14H13N2O4-. The lowest BCUT2D eigenvalue weighted by Gasteiger charge is -2.24. The monoisotopic (exact) mass is 273 g/mol. The summed E-state index contributed by atoms with van der Waals surface area (Å²) in [6.45, 7) is -0.117. The molecule has 0 saturated carbocycles. The Morgan fingerprint density at radius 2 is 1.80 bits per heavy atom. The first kappa shape index (κ1) is 13.9. The number of amides is 1. The molecule has 2 rings (SSSR count). The molecule has 0 aromatic heterocycles. The standard InChI is InChI=1S/C14H13N2O4/c17-14(15-12-7-2-1-3-8-12)20-10-11-6-4-5-9-13(11)16(18)19/h1-9,18H,10H2,(H,15,17)/q-1. The molecule has 0 aliphatic heterocycles. The molecule has 6 nitrogen and oxygen atoms in total. The van der Waals surface area contributed by atoms with Gasteiger partial charge in [0, 0.05) is 11.3 Å². The highest BCUT2D eigenvalue weighted by molar-refractivity contribution is 5.84. The molecule has 0 radical (unpaired) electrons. The average Bonchev–Trinajstić information content (AvgIpc) is 2.46. The first-order chi connectivity index (χ1) is 9.66. The Labute approximate surface area is 115 Å². The maximum Gasteiger partial charge on any atom is 0.411 e. The maximum atomic E-state index is 11.6. The van der Waals surface area contributed by atoms with Gasteiger partial charge in [0.2, 0.25) is 0 Å². The van der Waals surface area contributed by atoms with Gasteiger partial charge in [-0.25, -0.2) is 4.79 Å². The van der Waals surface area contributed by atoms with Crippen LogP contribution in [0.25, 0.3) is 0 Å². The predicted molar refractivity (Wildman–Crippen MR) is 74.3 cm³/mol. The largest absolute Gasteiger partial charge is 0.733 e. The van der Waals surface area contributed by atoms with E-state index in [1.807, 2.05) is 6.07 Å². The fourth-order valence-corrected chi connectivity index (χ4v) is 1.64. The molecule has 0 spiro atoms. The third kappa shape index (κ3) is 3.71. The molecule has 104 valence electrons. The van der Waals surface area contributed by atoms with Crippen molar-refractivity contribution >= 4 is 17.5 Å². The second-order valence-electron chi connectivity index (χ2n) is 3.97. The summed E-state index contributed by atoms with van der Waals surface area (Å²) in [5, 5.41) is 22.1. The van der Waals surface area contributed by atoms with Crippen molar-refractivity contribution in [2.24, 2.45) is 0 Å². The van der Waals surface area contributed by atoms with Crippen LogP contribution in [-0.4, -0.2) is 11.3 Å². The fourth-order valence-electron chi connectivity index (χ4n) is 1.64. The van der Waals surface area contributed by atoms with E-state index < -0.39 is 6.09 Å². The highest BCUT2D eigenvalue weighted by Crippen LogP contribution is 2.19. The molecule has 0 unspecified atom stereocenters. The van der Waals surface area contributed by atoms with Gasteiger partial charge >= 0.3 is 6.09 Å². The fraction of sp³-hybridized carbons (Fsp3) is 0.0714. The zero-order valence-corrected chi connectivity index (χ0v) is 10.5. The number of hydrogen-bond acceptors (Lipinski definition) is 5. The van der Waals surface area contributed by atoms with Gasteiger partial charge in [0.05, 0.1) is 5.69 Å². The van der Waals surface area contributed by atoms with Gasteiger partial charge in [-0.1, -0.05) is 36.4 Å². The molecule has 2 aromatic carbocycles. The van der Waals surface area contributed by atoms with Gasteiger partial charge in [-0.2, -0.15) is 0 Å². The van der Waals surface area contributed by atoms with Crippen LogP contribution in [0.15, 0.2) is 54.6 Å². The van der Waals surface area contributed by atoms with E-state index in [0.29, 0.717) is 11.3 Å². The molecule has 0 aliphatic rings. The minimum Gasteiger partial charge on any atom is -0.733 e. The van der Waals surface area contributed by atoms with Gasteiger partial charge in [0.1, 0.15) is 6.61 Å². The molecule has 0 fully saturated rings. The van der Waals surface area contributed by atoms with Gasteiger partial charge in [-0.15, -0.1) is 0 Å². The van der Waals surface area contributed by atoms with Crippen molar-refractivity contribution in [1.29, 1.82) is 0 Å². The molecule has 0 aliphatic carbocycles. The van der Waals surface area contributed by atoms with Crippen LogP contribution in [0.3, 0.4) is 0 Å². The van der Waals surface area contributed by atoms with Crippen LogP contribution in [-0.2, 0) is 11.3 Å². The van der Waals surface area contributed by atoms with Gasteiger partial charge in [0.15, 0.2) is 0 Å². The Morgan fingerprint density at radius 1 is 1.15 bits per heavy atom. The van der Waals surface area contributed by atoms with Crippen molar-refractivity contribution in [2.75, 3.05) is 10.5 Å². The average molecular weight is 273 g/mol. The van der Waals surface area contributed by atoms with E-state index in [4.69, 9.17) is 9.94 Å². The van der Waals surface area contributed by atoms with Crippen LogP contribution in [0.5, 0.6) is 0 Å². The lowest BCUT2D eigenvalue weighted by atomic mass is 10.2. The molecule has 0 atom stereocenters. The van der Waals surface area contributed by atoms with E-state index in [9.17, 15) is 10.0 Å². The number of carbonyl (C=O) groups excluding carboxylic acids is 1. The number of para-hydroxylation sites is 2. The molecule has 0 bridgehead atoms. The van der Waals surface area contributed by atoms with Gasteiger partial charge in [-0.05, 0) is 18.2 Å². The SMILES string of the molecule is O=C(Nc1ccccc1)OCc1ccccc1N([O-])O. The summed E-state index contributed by atoms with van der Waals surface area (Å²) >= 11 is 0. The molecule has 2 N–H and O–H groups in total. The third-order valence-corrected chi connectivity index (χ3v) is 2.58. The first-order valence-corrected chi connectivity index (χ1v) is 5.89. The van der Waals surface area contributed by atoms with Crippen molar-refractivity contribution in [3.63, 3.8) is 0 Å². The Hall–Kier alpha value is -2.57. The van der Waals surface area contributed by atoms with Crippen molar-refractivity contribution in [2.45, 2.75) is 6.61 Å². The summed E-state index contributed by atoms with van der Waals surface area (Å²) in [6.07, 6.45) is -0.638. The van der Waals surface area contributed by atoms with Gasteiger partial charge < -0.3 is 15.2 Å². The summed E-state index contributed by atoms with van der Waals surface area (Å²) in [5.41, 5.74) is 1.06. The van der Waals surface area contributed by atoms with E-state index >= 15 is 0 Å². The Bertz CT molecular complexity index is 572. The Morgan fingerprint density at radius 3 is 2.50 bits per heavy atom. The lowest BCUT2D eigenvalue weighted by molar-refractivity contribution is 0.154. The zero-order valence-electron chi connectivity index (χ0n) is 10.5. The van der Waals surface area contributed by atoms with Crippen LogP contribution in [0.1, 0.15) is 5.56 Å². The van der Waals surface area contributed by atoms with E-state index in [1.165, 1.54) is 6.07 Å². The van der Waals surface area contributed by atoms with Crippen LogP contribution in [0.2, 0.25) is 0 Å². The summed E-state index contributed by atoms with van der Waals surface area (Å²) in [4.78, 5) is 11.6. The topological polar surface area (TPSA) is 84.9 Å². The van der Waals surface area contributed by atoms with E-state index in [0.717, 1.165) is 0 Å². The van der Waals surface area contributed by atoms with Crippen molar-refractivity contribution in [3.05, 3.63) is 65.4 Å². The summed E-state index contributed by atoms with van der Waals surface area (Å²) in [7, 11) is 0. The van der Waals surface area contributed by atoms with Crippen LogP contribution in [0, 0.1) is 5.21 Å². The summed E-state index contributed by atoms with van der Waals surface area (Å²) < 4.78 is 5.00. The molecule has 6 heteroatoms. The normalized spacial score (nSPS) is 9.90. The van der Waals surface area contributed by atoms with Gasteiger partial charge in [-0.3, -0.25) is 10.5 Å². The minimum absolute atomic E-state index is 0.0417. The molecule has 1 amide bonds. The summed E-state index contributed by atoms with van der Waals surface area (Å²) in [6, 6.07) is 15.2. The first-order valence-electron chi connectivity index (χ1n) is 5.89. The Kier molecular flexibility index (Phi) is 4.54. The second kappa shape index (κ2) is 6.55. The van der Waals surface area contributed by atoms with Crippen LogP contribution < -0.4 is 10.5 Å². The summed E-state index contributed by atoms with van der Waals surface area (Å²) in [5.74, 6) is 0. The van der Waals surface area contributed by atoms with Crippen molar-refractivity contribution < 1.29 is 14.7 Å². The number of benzene rings is 2. The van der Waals surface area contributed by atoms with E-state index in [2.05, 4.69) is 5.32 Å². The number of anilines is 2. The van der Waals surface area contributed by atoms with Gasteiger partial charge in [0.25, 0.3) is 0 Å². The van der Waals surface area contributed by atoms with Crippen molar-refractivity contribution in [3.8, 4) is 0 Å². The van der Waals surface area contributed by atoms with Crippen molar-refractivity contribution in [1.82, 2.24) is 0 Å². The number of hydrogen-bond donors (Lipinski definition) is 2. The smallest absolute Gasteiger partial charge is 0.411 e.